The fourth-order valence-electron chi connectivity index (χ4n) is 3.21. The molecule has 3 aromatic rings. The number of benzene rings is 2. The van der Waals surface area contributed by atoms with Gasteiger partial charge in [0, 0.05) is 26.7 Å². The average Bonchev–Trinajstić information content (AvgIpc) is 3.08. The molecule has 1 heterocycles. The Balaban J connectivity index is 0.00000320. The Morgan fingerprint density at radius 1 is 1.13 bits per heavy atom. The molecule has 160 valence electrons. The first kappa shape index (κ1) is 23.7. The van der Waals surface area contributed by atoms with E-state index in [2.05, 4.69) is 31.2 Å². The summed E-state index contributed by atoms with van der Waals surface area (Å²) in [6, 6.07) is 15.5. The molecule has 30 heavy (non-hydrogen) atoms. The number of nitrogens with zero attached hydrogens (tertiary/aromatic N) is 3. The number of hydrogen-bond donors (Lipinski definition) is 2. The quantitative estimate of drug-likeness (QED) is 0.164. The van der Waals surface area contributed by atoms with Crippen molar-refractivity contribution < 1.29 is 9.53 Å². The smallest absolute Gasteiger partial charge is 0.337 e. The molecular weight excluding hydrogens is 493 g/mol. The molecule has 0 spiro atoms. The number of imidazole rings is 1. The Labute approximate surface area is 194 Å². The maximum atomic E-state index is 11.5. The van der Waals surface area contributed by atoms with Gasteiger partial charge in [-0.2, -0.15) is 0 Å². The van der Waals surface area contributed by atoms with Crippen LogP contribution in [0.4, 0.5) is 0 Å². The van der Waals surface area contributed by atoms with Crippen molar-refractivity contribution in [3.05, 3.63) is 65.5 Å². The lowest BCUT2D eigenvalue weighted by atomic mass is 10.1. The summed E-state index contributed by atoms with van der Waals surface area (Å²) in [5.74, 6) is 1.45. The Kier molecular flexibility index (Phi) is 9.10. The second kappa shape index (κ2) is 11.5. The van der Waals surface area contributed by atoms with Gasteiger partial charge in [0.05, 0.1) is 23.7 Å². The highest BCUT2D eigenvalue weighted by atomic mass is 127. The third-order valence-electron chi connectivity index (χ3n) is 4.75. The highest BCUT2D eigenvalue weighted by molar-refractivity contribution is 14.0. The molecule has 0 unspecified atom stereocenters. The number of aliphatic imine (C=N–C) groups is 1. The molecule has 7 nitrogen and oxygen atoms in total. The average molecular weight is 521 g/mol. The molecule has 0 amide bonds. The number of fused-ring (bicyclic) bond motifs is 1. The molecule has 0 atom stereocenters. The van der Waals surface area contributed by atoms with Crippen LogP contribution in [0.1, 0.15) is 28.2 Å². The maximum absolute atomic E-state index is 11.5. The van der Waals surface area contributed by atoms with E-state index in [1.54, 1.807) is 19.2 Å². The fraction of sp³-hybridized carbons (Fsp3) is 0.318. The number of carbonyl (C=O) groups is 1. The highest BCUT2D eigenvalue weighted by Gasteiger charge is 2.07. The van der Waals surface area contributed by atoms with Crippen LogP contribution in [0.3, 0.4) is 0 Å². The van der Waals surface area contributed by atoms with E-state index in [-0.39, 0.29) is 29.9 Å². The van der Waals surface area contributed by atoms with Crippen LogP contribution in [0, 0.1) is 6.92 Å². The van der Waals surface area contributed by atoms with Gasteiger partial charge in [-0.05, 0) is 43.2 Å². The van der Waals surface area contributed by atoms with Crippen LogP contribution in [0.15, 0.2) is 53.5 Å². The summed E-state index contributed by atoms with van der Waals surface area (Å²) in [6.07, 6.45) is 0.954. The number of aryl methyl sites for hydroxylation is 2. The van der Waals surface area contributed by atoms with E-state index in [1.165, 1.54) is 12.6 Å². The van der Waals surface area contributed by atoms with Gasteiger partial charge < -0.3 is 19.9 Å². The second-order valence-electron chi connectivity index (χ2n) is 6.69. The molecule has 8 heteroatoms. The number of hydrogen-bond acceptors (Lipinski definition) is 4. The van der Waals surface area contributed by atoms with Crippen LogP contribution in [0.25, 0.3) is 11.0 Å². The monoisotopic (exact) mass is 521 g/mol. The summed E-state index contributed by atoms with van der Waals surface area (Å²) in [5, 5.41) is 6.63. The summed E-state index contributed by atoms with van der Waals surface area (Å²) in [6.45, 7) is 4.35. The molecular formula is C22H28IN5O2. The number of ether oxygens (including phenoxy) is 1. The number of aromatic nitrogens is 2. The number of para-hydroxylation sites is 2. The minimum absolute atomic E-state index is 0. The van der Waals surface area contributed by atoms with E-state index in [9.17, 15) is 4.79 Å². The van der Waals surface area contributed by atoms with Gasteiger partial charge in [-0.15, -0.1) is 24.0 Å². The zero-order chi connectivity index (χ0) is 20.6. The third-order valence-corrected chi connectivity index (χ3v) is 4.75. The molecule has 2 aromatic carbocycles. The van der Waals surface area contributed by atoms with Gasteiger partial charge in [0.25, 0.3) is 0 Å². The van der Waals surface area contributed by atoms with E-state index in [4.69, 9.17) is 4.74 Å². The highest BCUT2D eigenvalue weighted by Crippen LogP contribution is 2.15. The number of nitrogens with one attached hydrogen (secondary N) is 2. The van der Waals surface area contributed by atoms with Crippen LogP contribution in [0.5, 0.6) is 0 Å². The summed E-state index contributed by atoms with van der Waals surface area (Å²) in [7, 11) is 3.13. The summed E-state index contributed by atoms with van der Waals surface area (Å²) in [4.78, 5) is 20.4. The molecule has 0 aliphatic carbocycles. The van der Waals surface area contributed by atoms with Crippen molar-refractivity contribution in [3.8, 4) is 0 Å². The zero-order valence-corrected chi connectivity index (χ0v) is 19.8. The van der Waals surface area contributed by atoms with Crippen molar-refractivity contribution in [2.45, 2.75) is 26.4 Å². The van der Waals surface area contributed by atoms with Gasteiger partial charge in [-0.1, -0.05) is 24.3 Å². The molecule has 3 rings (SSSR count). The van der Waals surface area contributed by atoms with E-state index in [0.29, 0.717) is 12.1 Å². The number of esters is 1. The molecule has 0 bridgehead atoms. The fourth-order valence-corrected chi connectivity index (χ4v) is 3.21. The first-order valence-corrected chi connectivity index (χ1v) is 9.66. The van der Waals surface area contributed by atoms with Gasteiger partial charge >= 0.3 is 5.97 Å². The maximum Gasteiger partial charge on any atom is 0.337 e. The molecule has 0 aliphatic rings. The van der Waals surface area contributed by atoms with Crippen molar-refractivity contribution in [1.29, 1.82) is 0 Å². The topological polar surface area (TPSA) is 80.5 Å². The van der Waals surface area contributed by atoms with Gasteiger partial charge in [-0.3, -0.25) is 4.99 Å². The second-order valence-corrected chi connectivity index (χ2v) is 6.69. The normalized spacial score (nSPS) is 11.1. The Morgan fingerprint density at radius 3 is 2.57 bits per heavy atom. The van der Waals surface area contributed by atoms with Crippen LogP contribution in [-0.2, 0) is 17.8 Å². The lowest BCUT2D eigenvalue weighted by Gasteiger charge is -2.13. The SMILES string of the molecule is CN=C(NCCCn1c(C)nc2ccccc21)NCc1ccc(C(=O)OC)cc1.I. The number of rotatable bonds is 7. The lowest BCUT2D eigenvalue weighted by molar-refractivity contribution is 0.0600. The Hall–Kier alpha value is -2.62. The van der Waals surface area contributed by atoms with Crippen molar-refractivity contribution in [2.24, 2.45) is 4.99 Å². The van der Waals surface area contributed by atoms with Gasteiger partial charge in [0.15, 0.2) is 5.96 Å². The number of carbonyl (C=O) groups excluding carboxylic acids is 1. The van der Waals surface area contributed by atoms with Crippen molar-refractivity contribution >= 4 is 46.9 Å². The summed E-state index contributed by atoms with van der Waals surface area (Å²) >= 11 is 0. The minimum atomic E-state index is -0.331. The van der Waals surface area contributed by atoms with Crippen LogP contribution in [0.2, 0.25) is 0 Å². The van der Waals surface area contributed by atoms with Crippen molar-refractivity contribution in [2.75, 3.05) is 20.7 Å². The number of guanidine groups is 1. The van der Waals surface area contributed by atoms with Crippen LogP contribution >= 0.6 is 24.0 Å². The van der Waals surface area contributed by atoms with E-state index < -0.39 is 0 Å². The summed E-state index contributed by atoms with van der Waals surface area (Å²) < 4.78 is 6.96. The number of methoxy groups -OCH3 is 1. The van der Waals surface area contributed by atoms with E-state index >= 15 is 0 Å². The Morgan fingerprint density at radius 2 is 1.87 bits per heavy atom. The first-order valence-electron chi connectivity index (χ1n) is 9.66. The molecule has 0 fully saturated rings. The predicted molar refractivity (Wildman–Crippen MR) is 130 cm³/mol. The van der Waals surface area contributed by atoms with Gasteiger partial charge in [-0.25, -0.2) is 9.78 Å². The van der Waals surface area contributed by atoms with Crippen molar-refractivity contribution in [3.63, 3.8) is 0 Å². The van der Waals surface area contributed by atoms with Crippen LogP contribution in [-0.4, -0.2) is 42.2 Å². The molecule has 0 radical (unpaired) electrons. The van der Waals surface area contributed by atoms with Crippen LogP contribution < -0.4 is 10.6 Å². The minimum Gasteiger partial charge on any atom is -0.465 e. The standard InChI is InChI=1S/C22H27N5O2.HI/c1-16-26-19-7-4-5-8-20(19)27(16)14-6-13-24-22(23-2)25-15-17-9-11-18(12-10-17)21(28)29-3;/h4-5,7-12H,6,13-15H2,1-3H3,(H2,23,24,25);1H. The van der Waals surface area contributed by atoms with Gasteiger partial charge in [0.2, 0.25) is 0 Å². The van der Waals surface area contributed by atoms with E-state index in [0.717, 1.165) is 42.4 Å². The molecule has 0 saturated carbocycles. The first-order chi connectivity index (χ1) is 14.1. The summed E-state index contributed by atoms with van der Waals surface area (Å²) in [5.41, 5.74) is 3.80. The number of halogens is 1. The molecule has 1 aromatic heterocycles. The molecule has 0 saturated heterocycles. The molecule has 0 aliphatic heterocycles. The van der Waals surface area contributed by atoms with Gasteiger partial charge in [0.1, 0.15) is 5.82 Å². The molecule has 2 N–H and O–H groups in total. The van der Waals surface area contributed by atoms with E-state index in [1.807, 2.05) is 37.3 Å². The third kappa shape index (κ3) is 5.94. The van der Waals surface area contributed by atoms with Crippen molar-refractivity contribution in [1.82, 2.24) is 20.2 Å². The Bertz CT molecular complexity index is 998. The largest absolute Gasteiger partial charge is 0.465 e. The predicted octanol–water partition coefficient (Wildman–Crippen LogP) is 3.50. The zero-order valence-electron chi connectivity index (χ0n) is 17.5. The lowest BCUT2D eigenvalue weighted by Crippen LogP contribution is -2.37.